The third-order valence-electron chi connectivity index (χ3n) is 2.17. The molecule has 7 heteroatoms. The van der Waals surface area contributed by atoms with Crippen LogP contribution in [-0.2, 0) is 7.05 Å². The third-order valence-corrected chi connectivity index (χ3v) is 3.28. The van der Waals surface area contributed by atoms with E-state index >= 15 is 0 Å². The van der Waals surface area contributed by atoms with E-state index in [1.165, 1.54) is 11.8 Å². The highest BCUT2D eigenvalue weighted by molar-refractivity contribution is 7.99. The molecular formula is C11H15N5OS. The Morgan fingerprint density at radius 2 is 2.17 bits per heavy atom. The molecule has 96 valence electrons. The van der Waals surface area contributed by atoms with Gasteiger partial charge in [0.1, 0.15) is 5.75 Å². The van der Waals surface area contributed by atoms with Crippen molar-refractivity contribution in [1.29, 1.82) is 0 Å². The number of anilines is 1. The number of hydrogen-bond acceptors (Lipinski definition) is 6. The second-order valence-corrected chi connectivity index (χ2v) is 5.03. The summed E-state index contributed by atoms with van der Waals surface area (Å²) in [5.74, 6) is 0.685. The average molecular weight is 265 g/mol. The molecule has 0 spiro atoms. The zero-order valence-electron chi connectivity index (χ0n) is 10.5. The van der Waals surface area contributed by atoms with Crippen LogP contribution in [0.4, 0.5) is 5.69 Å². The van der Waals surface area contributed by atoms with Gasteiger partial charge in [-0.05, 0) is 48.2 Å². The van der Waals surface area contributed by atoms with Gasteiger partial charge in [0, 0.05) is 11.9 Å². The fourth-order valence-electron chi connectivity index (χ4n) is 1.38. The first kappa shape index (κ1) is 12.7. The van der Waals surface area contributed by atoms with Gasteiger partial charge in [-0.25, -0.2) is 4.68 Å². The Morgan fingerprint density at radius 3 is 2.78 bits per heavy atom. The topological polar surface area (TPSA) is 78.9 Å². The van der Waals surface area contributed by atoms with Crippen molar-refractivity contribution >= 4 is 17.4 Å². The molecule has 0 aliphatic rings. The molecule has 18 heavy (non-hydrogen) atoms. The van der Waals surface area contributed by atoms with E-state index in [-0.39, 0.29) is 6.10 Å². The minimum atomic E-state index is 0.0871. The lowest BCUT2D eigenvalue weighted by Crippen LogP contribution is -2.07. The molecule has 0 unspecified atom stereocenters. The van der Waals surface area contributed by atoms with E-state index in [4.69, 9.17) is 10.5 Å². The van der Waals surface area contributed by atoms with Crippen LogP contribution in [0.2, 0.25) is 0 Å². The van der Waals surface area contributed by atoms with E-state index in [0.29, 0.717) is 16.6 Å². The first-order valence-corrected chi connectivity index (χ1v) is 6.35. The van der Waals surface area contributed by atoms with Crippen LogP contribution in [-0.4, -0.2) is 26.3 Å². The number of aromatic nitrogens is 4. The van der Waals surface area contributed by atoms with Gasteiger partial charge in [0.25, 0.3) is 0 Å². The molecular weight excluding hydrogens is 250 g/mol. The van der Waals surface area contributed by atoms with Crippen LogP contribution in [0, 0.1) is 0 Å². The number of nitrogens with two attached hydrogens (primary N) is 1. The van der Waals surface area contributed by atoms with Crippen molar-refractivity contribution < 1.29 is 4.74 Å². The molecule has 0 bridgehead atoms. The Bertz CT molecular complexity index is 540. The summed E-state index contributed by atoms with van der Waals surface area (Å²) in [6, 6.07) is 5.68. The van der Waals surface area contributed by atoms with E-state index < -0.39 is 0 Å². The maximum atomic E-state index is 6.07. The zero-order chi connectivity index (χ0) is 13.1. The normalized spacial score (nSPS) is 10.9. The van der Waals surface area contributed by atoms with E-state index in [2.05, 4.69) is 15.5 Å². The van der Waals surface area contributed by atoms with Gasteiger partial charge in [0.15, 0.2) is 0 Å². The van der Waals surface area contributed by atoms with Crippen LogP contribution in [0.25, 0.3) is 0 Å². The molecule has 0 amide bonds. The first-order chi connectivity index (χ1) is 8.58. The monoisotopic (exact) mass is 265 g/mol. The van der Waals surface area contributed by atoms with Crippen LogP contribution < -0.4 is 10.5 Å². The van der Waals surface area contributed by atoms with Gasteiger partial charge in [0.2, 0.25) is 5.16 Å². The predicted octanol–water partition coefficient (Wildman–Crippen LogP) is 1.73. The highest BCUT2D eigenvalue weighted by atomic mass is 32.2. The lowest BCUT2D eigenvalue weighted by Gasteiger charge is -2.13. The number of hydrogen-bond donors (Lipinski definition) is 1. The van der Waals surface area contributed by atoms with Gasteiger partial charge in [-0.3, -0.25) is 0 Å². The summed E-state index contributed by atoms with van der Waals surface area (Å²) in [7, 11) is 1.78. The Hall–Kier alpha value is -1.76. The predicted molar refractivity (Wildman–Crippen MR) is 69.5 cm³/mol. The van der Waals surface area contributed by atoms with Gasteiger partial charge < -0.3 is 10.5 Å². The van der Waals surface area contributed by atoms with Crippen molar-refractivity contribution in [2.24, 2.45) is 7.05 Å². The van der Waals surface area contributed by atoms with Gasteiger partial charge >= 0.3 is 0 Å². The molecule has 6 nitrogen and oxygen atoms in total. The number of tetrazole rings is 1. The van der Waals surface area contributed by atoms with Crippen molar-refractivity contribution in [2.45, 2.75) is 30.0 Å². The molecule has 0 fully saturated rings. The maximum absolute atomic E-state index is 6.07. The number of aryl methyl sites for hydroxylation is 1. The Kier molecular flexibility index (Phi) is 3.71. The summed E-state index contributed by atoms with van der Waals surface area (Å²) in [5.41, 5.74) is 6.68. The van der Waals surface area contributed by atoms with Crippen molar-refractivity contribution in [1.82, 2.24) is 20.2 Å². The molecule has 1 heterocycles. The molecule has 2 N–H and O–H groups in total. The molecule has 0 aliphatic carbocycles. The highest BCUT2D eigenvalue weighted by Crippen LogP contribution is 2.35. The number of ether oxygens (including phenoxy) is 1. The summed E-state index contributed by atoms with van der Waals surface area (Å²) in [4.78, 5) is 0.881. The van der Waals surface area contributed by atoms with Crippen LogP contribution in [0.5, 0.6) is 5.75 Å². The lowest BCUT2D eigenvalue weighted by atomic mass is 10.3. The Balaban J connectivity index is 2.26. The molecule has 0 saturated heterocycles. The minimum absolute atomic E-state index is 0.0871. The third kappa shape index (κ3) is 2.73. The summed E-state index contributed by atoms with van der Waals surface area (Å²) >= 11 is 1.41. The number of nitrogen functional groups attached to an aromatic ring is 1. The van der Waals surface area contributed by atoms with Gasteiger partial charge in [-0.15, -0.1) is 5.10 Å². The fourth-order valence-corrected chi connectivity index (χ4v) is 2.18. The minimum Gasteiger partial charge on any atom is -0.489 e. The molecule has 1 aromatic carbocycles. The smallest absolute Gasteiger partial charge is 0.213 e. The quantitative estimate of drug-likeness (QED) is 0.848. The van der Waals surface area contributed by atoms with E-state index in [1.807, 2.05) is 32.0 Å². The van der Waals surface area contributed by atoms with Crippen molar-refractivity contribution in [3.8, 4) is 5.75 Å². The van der Waals surface area contributed by atoms with Crippen LogP contribution in [0.15, 0.2) is 28.3 Å². The number of benzene rings is 1. The second kappa shape index (κ2) is 5.26. The summed E-state index contributed by atoms with van der Waals surface area (Å²) in [6.45, 7) is 3.93. The zero-order valence-corrected chi connectivity index (χ0v) is 11.3. The molecule has 0 saturated carbocycles. The van der Waals surface area contributed by atoms with Gasteiger partial charge in [-0.2, -0.15) is 0 Å². The molecule has 0 aliphatic heterocycles. The largest absolute Gasteiger partial charge is 0.489 e. The molecule has 0 radical (unpaired) electrons. The number of para-hydroxylation sites is 1. The fraction of sp³-hybridized carbons (Fsp3) is 0.364. The summed E-state index contributed by atoms with van der Waals surface area (Å²) in [5, 5.41) is 12.0. The highest BCUT2D eigenvalue weighted by Gasteiger charge is 2.11. The summed E-state index contributed by atoms with van der Waals surface area (Å²) < 4.78 is 7.24. The Labute approximate surface area is 110 Å². The summed E-state index contributed by atoms with van der Waals surface area (Å²) in [6.07, 6.45) is 0.0871. The number of rotatable bonds is 4. The molecule has 1 aromatic heterocycles. The van der Waals surface area contributed by atoms with Crippen molar-refractivity contribution in [3.05, 3.63) is 18.2 Å². The first-order valence-electron chi connectivity index (χ1n) is 5.53. The van der Waals surface area contributed by atoms with E-state index in [0.717, 1.165) is 4.90 Å². The van der Waals surface area contributed by atoms with Crippen LogP contribution in [0.1, 0.15) is 13.8 Å². The molecule has 2 aromatic rings. The Morgan fingerprint density at radius 1 is 1.39 bits per heavy atom. The van der Waals surface area contributed by atoms with Crippen LogP contribution in [0.3, 0.4) is 0 Å². The lowest BCUT2D eigenvalue weighted by molar-refractivity contribution is 0.243. The average Bonchev–Trinajstić information content (AvgIpc) is 2.70. The van der Waals surface area contributed by atoms with E-state index in [1.54, 1.807) is 11.7 Å². The van der Waals surface area contributed by atoms with Gasteiger partial charge in [-0.1, -0.05) is 6.07 Å². The standard InChI is InChI=1S/C11H15N5OS/c1-7(2)17-8-5-4-6-9(10(8)12)18-11-13-14-15-16(11)3/h4-7H,12H2,1-3H3. The molecule has 0 atom stereocenters. The molecule has 2 rings (SSSR count). The van der Waals surface area contributed by atoms with Crippen molar-refractivity contribution in [3.63, 3.8) is 0 Å². The second-order valence-electron chi connectivity index (χ2n) is 4.02. The number of nitrogens with zero attached hydrogens (tertiary/aromatic N) is 4. The maximum Gasteiger partial charge on any atom is 0.213 e. The SMILES string of the molecule is CC(C)Oc1cccc(Sc2nnnn2C)c1N. The van der Waals surface area contributed by atoms with Crippen LogP contribution >= 0.6 is 11.8 Å². The van der Waals surface area contributed by atoms with Gasteiger partial charge in [0.05, 0.1) is 11.8 Å². The van der Waals surface area contributed by atoms with Crippen molar-refractivity contribution in [2.75, 3.05) is 5.73 Å². The van der Waals surface area contributed by atoms with E-state index in [9.17, 15) is 0 Å².